The lowest BCUT2D eigenvalue weighted by Crippen LogP contribution is -2.35. The van der Waals surface area contributed by atoms with Crippen molar-refractivity contribution in [3.05, 3.63) is 45.9 Å². The Morgan fingerprint density at radius 3 is 2.48 bits per heavy atom. The van der Waals surface area contributed by atoms with Gasteiger partial charge in [0.1, 0.15) is 5.01 Å². The van der Waals surface area contributed by atoms with Crippen LogP contribution in [0.2, 0.25) is 0 Å². The predicted molar refractivity (Wildman–Crippen MR) is 94.6 cm³/mol. The quantitative estimate of drug-likeness (QED) is 0.729. The molecule has 1 heterocycles. The fourth-order valence-electron chi connectivity index (χ4n) is 2.21. The monoisotopic (exact) mass is 401 g/mol. The van der Waals surface area contributed by atoms with E-state index in [4.69, 9.17) is 0 Å². The lowest BCUT2D eigenvalue weighted by atomic mass is 10.2. The lowest BCUT2D eigenvalue weighted by molar-refractivity contribution is -0.137. The number of methoxy groups -OCH3 is 1. The number of esters is 1. The zero-order chi connectivity index (χ0) is 20.0. The Labute approximate surface area is 158 Å². The molecule has 0 atom stereocenters. The van der Waals surface area contributed by atoms with Crippen LogP contribution >= 0.6 is 11.3 Å². The van der Waals surface area contributed by atoms with Gasteiger partial charge in [0.2, 0.25) is 0 Å². The minimum Gasteiger partial charge on any atom is -0.464 e. The molecule has 2 rings (SSSR count). The van der Waals surface area contributed by atoms with E-state index in [0.717, 1.165) is 12.1 Å². The highest BCUT2D eigenvalue weighted by Crippen LogP contribution is 2.29. The van der Waals surface area contributed by atoms with Gasteiger partial charge in [-0.25, -0.2) is 14.6 Å². The molecule has 6 nitrogen and oxygen atoms in total. The van der Waals surface area contributed by atoms with Gasteiger partial charge in [-0.3, -0.25) is 0 Å². The Kier molecular flexibility index (Phi) is 6.78. The van der Waals surface area contributed by atoms with Gasteiger partial charge in [0, 0.05) is 17.6 Å². The number of carbonyl (C=O) groups excluding carboxylic acids is 2. The summed E-state index contributed by atoms with van der Waals surface area (Å²) >= 11 is 1.22. The summed E-state index contributed by atoms with van der Waals surface area (Å²) < 4.78 is 42.4. The van der Waals surface area contributed by atoms with E-state index in [1.807, 2.05) is 6.92 Å². The van der Waals surface area contributed by atoms with E-state index in [1.54, 1.807) is 5.38 Å². The third-order valence-corrected chi connectivity index (χ3v) is 4.35. The summed E-state index contributed by atoms with van der Waals surface area (Å²) in [5.74, 6) is -0.561. The largest absolute Gasteiger partial charge is 0.464 e. The lowest BCUT2D eigenvalue weighted by Gasteiger charge is -2.21. The van der Waals surface area contributed by atoms with Crippen molar-refractivity contribution in [1.82, 2.24) is 9.88 Å². The third kappa shape index (κ3) is 5.68. The number of anilines is 1. The summed E-state index contributed by atoms with van der Waals surface area (Å²) in [6, 6.07) is 3.74. The second kappa shape index (κ2) is 8.85. The molecule has 0 unspecified atom stereocenters. The van der Waals surface area contributed by atoms with Crippen LogP contribution in [0.5, 0.6) is 0 Å². The molecule has 0 aliphatic rings. The molecule has 2 amide bonds. The van der Waals surface area contributed by atoms with Crippen molar-refractivity contribution in [2.45, 2.75) is 26.1 Å². The molecule has 1 N–H and O–H groups in total. The Hall–Kier alpha value is -2.62. The number of nitrogens with one attached hydrogen (secondary N) is 1. The molecule has 0 saturated heterocycles. The fourth-order valence-corrected chi connectivity index (χ4v) is 2.99. The number of alkyl halides is 3. The van der Waals surface area contributed by atoms with Crippen LogP contribution in [-0.2, 0) is 17.5 Å². The van der Waals surface area contributed by atoms with Crippen LogP contribution in [0.3, 0.4) is 0 Å². The summed E-state index contributed by atoms with van der Waals surface area (Å²) in [5.41, 5.74) is -0.371. The molecular formula is C17H18F3N3O3S. The summed E-state index contributed by atoms with van der Waals surface area (Å²) in [5, 5.41) is 4.66. The van der Waals surface area contributed by atoms with Gasteiger partial charge in [-0.1, -0.05) is 6.92 Å². The SMILES string of the molecule is CCCN(Cc1nc(C(=O)OC)cs1)C(=O)Nc1ccc(C(F)(F)F)cc1. The molecule has 10 heteroatoms. The number of aromatic nitrogens is 1. The minimum absolute atomic E-state index is 0.164. The Bertz CT molecular complexity index is 791. The number of ether oxygens (including phenoxy) is 1. The molecule has 0 aliphatic heterocycles. The predicted octanol–water partition coefficient (Wildman–Crippen LogP) is 4.39. The van der Waals surface area contributed by atoms with Crippen LogP contribution in [0.1, 0.15) is 34.4 Å². The standard InChI is InChI=1S/C17H18F3N3O3S/c1-3-8-23(9-14-22-13(10-27-14)15(24)26-2)16(25)21-12-6-4-11(5-7-12)17(18,19)20/h4-7,10H,3,8-9H2,1-2H3,(H,21,25). The van der Waals surface area contributed by atoms with E-state index < -0.39 is 23.7 Å². The number of hydrogen-bond donors (Lipinski definition) is 1. The van der Waals surface area contributed by atoms with Gasteiger partial charge in [-0.15, -0.1) is 11.3 Å². The fraction of sp³-hybridized carbons (Fsp3) is 0.353. The maximum Gasteiger partial charge on any atom is 0.416 e. The molecular weight excluding hydrogens is 383 g/mol. The van der Waals surface area contributed by atoms with Gasteiger partial charge in [0.05, 0.1) is 19.2 Å². The van der Waals surface area contributed by atoms with E-state index in [-0.39, 0.29) is 17.9 Å². The van der Waals surface area contributed by atoms with Crippen molar-refractivity contribution in [2.24, 2.45) is 0 Å². The number of rotatable bonds is 6. The molecule has 1 aromatic carbocycles. The number of carbonyl (C=O) groups is 2. The van der Waals surface area contributed by atoms with Crippen LogP contribution in [0.15, 0.2) is 29.6 Å². The first-order valence-electron chi connectivity index (χ1n) is 8.00. The Morgan fingerprint density at radius 1 is 1.26 bits per heavy atom. The maximum atomic E-state index is 12.6. The second-order valence-electron chi connectivity index (χ2n) is 5.54. The molecule has 0 aliphatic carbocycles. The van der Waals surface area contributed by atoms with Crippen molar-refractivity contribution in [2.75, 3.05) is 19.0 Å². The minimum atomic E-state index is -4.43. The Morgan fingerprint density at radius 2 is 1.93 bits per heavy atom. The first-order valence-corrected chi connectivity index (χ1v) is 8.88. The van der Waals surface area contributed by atoms with Gasteiger partial charge in [-0.2, -0.15) is 13.2 Å². The first-order chi connectivity index (χ1) is 12.7. The van der Waals surface area contributed by atoms with E-state index in [9.17, 15) is 22.8 Å². The van der Waals surface area contributed by atoms with Gasteiger partial charge >= 0.3 is 18.2 Å². The number of hydrogen-bond acceptors (Lipinski definition) is 5. The van der Waals surface area contributed by atoms with Crippen LogP contribution < -0.4 is 5.32 Å². The summed E-state index contributed by atoms with van der Waals surface area (Å²) in [4.78, 5) is 29.5. The number of benzene rings is 1. The molecule has 0 radical (unpaired) electrons. The molecule has 0 fully saturated rings. The van der Waals surface area contributed by atoms with Crippen molar-refractivity contribution in [3.8, 4) is 0 Å². The van der Waals surface area contributed by atoms with Crippen molar-refractivity contribution in [3.63, 3.8) is 0 Å². The van der Waals surface area contributed by atoms with Gasteiger partial charge in [0.15, 0.2) is 5.69 Å². The number of nitrogens with zero attached hydrogens (tertiary/aromatic N) is 2. The molecule has 0 saturated carbocycles. The third-order valence-electron chi connectivity index (χ3n) is 3.52. The highest BCUT2D eigenvalue weighted by molar-refractivity contribution is 7.09. The normalized spacial score (nSPS) is 11.1. The van der Waals surface area contributed by atoms with E-state index >= 15 is 0 Å². The second-order valence-corrected chi connectivity index (χ2v) is 6.49. The molecule has 0 bridgehead atoms. The van der Waals surface area contributed by atoms with Crippen LogP contribution in [0.25, 0.3) is 0 Å². The maximum absolute atomic E-state index is 12.6. The highest BCUT2D eigenvalue weighted by Gasteiger charge is 2.30. The van der Waals surface area contributed by atoms with Crippen LogP contribution in [0, 0.1) is 0 Å². The Balaban J connectivity index is 2.06. The number of urea groups is 1. The average Bonchev–Trinajstić information content (AvgIpc) is 3.09. The smallest absolute Gasteiger partial charge is 0.416 e. The van der Waals surface area contributed by atoms with Crippen LogP contribution in [0.4, 0.5) is 23.7 Å². The van der Waals surface area contributed by atoms with Gasteiger partial charge < -0.3 is 15.0 Å². The van der Waals surface area contributed by atoms with Gasteiger partial charge in [0.25, 0.3) is 0 Å². The molecule has 146 valence electrons. The van der Waals surface area contributed by atoms with E-state index in [0.29, 0.717) is 18.0 Å². The van der Waals surface area contributed by atoms with Gasteiger partial charge in [-0.05, 0) is 30.7 Å². The molecule has 1 aromatic heterocycles. The molecule has 27 heavy (non-hydrogen) atoms. The average molecular weight is 401 g/mol. The number of halogens is 3. The summed E-state index contributed by atoms with van der Waals surface area (Å²) in [7, 11) is 1.25. The first kappa shape index (κ1) is 20.7. The van der Waals surface area contributed by atoms with Crippen molar-refractivity contribution < 1.29 is 27.5 Å². The summed E-state index contributed by atoms with van der Waals surface area (Å²) in [6.07, 6.45) is -3.76. The topological polar surface area (TPSA) is 71.5 Å². The zero-order valence-electron chi connectivity index (χ0n) is 14.7. The van der Waals surface area contributed by atoms with Crippen molar-refractivity contribution in [1.29, 1.82) is 0 Å². The van der Waals surface area contributed by atoms with Crippen molar-refractivity contribution >= 4 is 29.0 Å². The molecule has 0 spiro atoms. The molecule has 2 aromatic rings. The summed E-state index contributed by atoms with van der Waals surface area (Å²) in [6.45, 7) is 2.47. The number of amides is 2. The highest BCUT2D eigenvalue weighted by atomic mass is 32.1. The van der Waals surface area contributed by atoms with E-state index in [2.05, 4.69) is 15.0 Å². The van der Waals surface area contributed by atoms with E-state index in [1.165, 1.54) is 35.5 Å². The van der Waals surface area contributed by atoms with Crippen LogP contribution in [-0.4, -0.2) is 35.5 Å². The zero-order valence-corrected chi connectivity index (χ0v) is 15.5. The number of thiazole rings is 1.